The van der Waals surface area contributed by atoms with Gasteiger partial charge in [-0.2, -0.15) is 0 Å². The number of nitrogens with zero attached hydrogens (tertiary/aromatic N) is 1. The summed E-state index contributed by atoms with van der Waals surface area (Å²) in [7, 11) is 0. The quantitative estimate of drug-likeness (QED) is 0.435. The van der Waals surface area contributed by atoms with E-state index in [1.54, 1.807) is 0 Å². The van der Waals surface area contributed by atoms with Gasteiger partial charge < -0.3 is 4.74 Å². The topological polar surface area (TPSA) is 52.4 Å². The summed E-state index contributed by atoms with van der Waals surface area (Å²) in [6, 6.07) is 2.08. The Morgan fingerprint density at radius 3 is 2.87 bits per heavy atom. The van der Waals surface area contributed by atoms with Crippen LogP contribution in [0.1, 0.15) is 5.56 Å². The molecule has 0 amide bonds. The van der Waals surface area contributed by atoms with E-state index in [-0.39, 0.29) is 18.0 Å². The molecule has 1 rings (SSSR count). The highest BCUT2D eigenvalue weighted by Gasteiger charge is 2.15. The van der Waals surface area contributed by atoms with E-state index in [4.69, 9.17) is 11.2 Å². The monoisotopic (exact) mass is 209 g/mol. The van der Waals surface area contributed by atoms with Crippen molar-refractivity contribution in [3.05, 3.63) is 33.6 Å². The molecule has 0 saturated carbocycles. The van der Waals surface area contributed by atoms with Gasteiger partial charge in [0, 0.05) is 5.56 Å². The van der Waals surface area contributed by atoms with Crippen molar-refractivity contribution in [2.24, 2.45) is 0 Å². The van der Waals surface area contributed by atoms with Gasteiger partial charge in [0.15, 0.2) is 11.6 Å². The lowest BCUT2D eigenvalue weighted by atomic mass is 10.2. The van der Waals surface area contributed by atoms with Crippen LogP contribution in [0.15, 0.2) is 12.1 Å². The number of aryl methyl sites for hydroxylation is 1. The molecule has 1 aromatic carbocycles. The molecular formula is C10H8FNO3. The molecule has 1 aromatic rings. The van der Waals surface area contributed by atoms with E-state index in [0.717, 1.165) is 6.07 Å². The summed E-state index contributed by atoms with van der Waals surface area (Å²) >= 11 is 0. The minimum Gasteiger partial charge on any atom is -0.478 e. The molecule has 4 nitrogen and oxygen atoms in total. The molecule has 0 N–H and O–H groups in total. The van der Waals surface area contributed by atoms with E-state index in [2.05, 4.69) is 5.92 Å². The summed E-state index contributed by atoms with van der Waals surface area (Å²) in [6.45, 7) is 1.43. The Hall–Kier alpha value is -2.09. The van der Waals surface area contributed by atoms with Gasteiger partial charge in [-0.05, 0) is 13.0 Å². The van der Waals surface area contributed by atoms with Crippen LogP contribution in [0.5, 0.6) is 5.75 Å². The van der Waals surface area contributed by atoms with Gasteiger partial charge in [0.25, 0.3) is 5.69 Å². The molecule has 0 aliphatic rings. The van der Waals surface area contributed by atoms with Gasteiger partial charge in [-0.15, -0.1) is 6.42 Å². The second-order valence-corrected chi connectivity index (χ2v) is 2.82. The van der Waals surface area contributed by atoms with Gasteiger partial charge >= 0.3 is 0 Å². The smallest absolute Gasteiger partial charge is 0.275 e. The largest absolute Gasteiger partial charge is 0.478 e. The van der Waals surface area contributed by atoms with Crippen molar-refractivity contribution in [3.8, 4) is 18.1 Å². The fourth-order valence-electron chi connectivity index (χ4n) is 1.07. The minimum atomic E-state index is -0.789. The molecule has 78 valence electrons. The molecule has 0 saturated heterocycles. The number of rotatable bonds is 3. The number of benzene rings is 1. The molecule has 0 aromatic heterocycles. The number of nitro benzene ring substituents is 1. The second kappa shape index (κ2) is 4.42. The molecule has 0 bridgehead atoms. The summed E-state index contributed by atoms with van der Waals surface area (Å²) in [6.07, 6.45) is 4.94. The number of ether oxygens (including phenoxy) is 1. The van der Waals surface area contributed by atoms with Gasteiger partial charge in [0.2, 0.25) is 0 Å². The first-order valence-corrected chi connectivity index (χ1v) is 4.07. The van der Waals surface area contributed by atoms with Gasteiger partial charge in [-0.25, -0.2) is 4.39 Å². The Morgan fingerprint density at radius 2 is 2.33 bits per heavy atom. The predicted molar refractivity (Wildman–Crippen MR) is 52.1 cm³/mol. The molecule has 5 heteroatoms. The van der Waals surface area contributed by atoms with Crippen molar-refractivity contribution in [2.75, 3.05) is 6.61 Å². The molecule has 0 aliphatic heterocycles. The van der Waals surface area contributed by atoms with Crippen molar-refractivity contribution in [3.63, 3.8) is 0 Å². The van der Waals surface area contributed by atoms with Crippen molar-refractivity contribution >= 4 is 5.69 Å². The number of hydrogen-bond acceptors (Lipinski definition) is 3. The van der Waals surface area contributed by atoms with Crippen molar-refractivity contribution in [1.29, 1.82) is 0 Å². The highest BCUT2D eigenvalue weighted by atomic mass is 19.1. The molecule has 0 aliphatic carbocycles. The third-order valence-corrected chi connectivity index (χ3v) is 1.76. The van der Waals surface area contributed by atoms with Crippen LogP contribution in [-0.4, -0.2) is 11.5 Å². The summed E-state index contributed by atoms with van der Waals surface area (Å²) in [4.78, 5) is 9.82. The molecular weight excluding hydrogens is 201 g/mol. The van der Waals surface area contributed by atoms with Crippen LogP contribution in [0.3, 0.4) is 0 Å². The van der Waals surface area contributed by atoms with Gasteiger partial charge in [0.1, 0.15) is 6.61 Å². The first-order valence-electron chi connectivity index (χ1n) is 4.07. The summed E-state index contributed by atoms with van der Waals surface area (Å²) in [5, 5.41) is 10.5. The van der Waals surface area contributed by atoms with E-state index >= 15 is 0 Å². The van der Waals surface area contributed by atoms with Crippen LogP contribution in [0.25, 0.3) is 0 Å². The van der Waals surface area contributed by atoms with Crippen molar-refractivity contribution in [1.82, 2.24) is 0 Å². The zero-order chi connectivity index (χ0) is 11.4. The lowest BCUT2D eigenvalue weighted by Gasteiger charge is -2.05. The minimum absolute atomic E-state index is 0.0731. The molecule has 0 spiro atoms. The van der Waals surface area contributed by atoms with Crippen LogP contribution >= 0.6 is 0 Å². The van der Waals surface area contributed by atoms with Crippen LogP contribution in [0, 0.1) is 35.2 Å². The summed E-state index contributed by atoms with van der Waals surface area (Å²) in [5.41, 5.74) is 0.0500. The van der Waals surface area contributed by atoms with Crippen molar-refractivity contribution in [2.45, 2.75) is 6.92 Å². The van der Waals surface area contributed by atoms with Crippen LogP contribution in [0.4, 0.5) is 10.1 Å². The number of halogens is 1. The zero-order valence-corrected chi connectivity index (χ0v) is 7.99. The average molecular weight is 209 g/mol. The van der Waals surface area contributed by atoms with Gasteiger partial charge in [-0.3, -0.25) is 10.1 Å². The van der Waals surface area contributed by atoms with Crippen LogP contribution < -0.4 is 4.74 Å². The zero-order valence-electron chi connectivity index (χ0n) is 7.99. The maximum Gasteiger partial charge on any atom is 0.275 e. The number of nitro groups is 1. The van der Waals surface area contributed by atoms with E-state index in [1.807, 2.05) is 0 Å². The third-order valence-electron chi connectivity index (χ3n) is 1.76. The molecule has 0 heterocycles. The molecule has 0 fully saturated rings. The third kappa shape index (κ3) is 2.44. The Labute approximate surface area is 85.8 Å². The first kappa shape index (κ1) is 11.0. The Balaban J connectivity index is 3.09. The second-order valence-electron chi connectivity index (χ2n) is 2.82. The fraction of sp³-hybridized carbons (Fsp3) is 0.200. The summed E-state index contributed by atoms with van der Waals surface area (Å²) in [5.74, 6) is 1.32. The predicted octanol–water partition coefficient (Wildman–Crippen LogP) is 2.05. The average Bonchev–Trinajstić information content (AvgIpc) is 2.18. The van der Waals surface area contributed by atoms with Crippen molar-refractivity contribution < 1.29 is 14.1 Å². The van der Waals surface area contributed by atoms with Crippen LogP contribution in [-0.2, 0) is 0 Å². The van der Waals surface area contributed by atoms with E-state index in [0.29, 0.717) is 5.56 Å². The Morgan fingerprint density at radius 1 is 1.67 bits per heavy atom. The van der Waals surface area contributed by atoms with Gasteiger partial charge in [0.05, 0.1) is 11.0 Å². The van der Waals surface area contributed by atoms with E-state index < -0.39 is 10.7 Å². The standard InChI is InChI=1S/C10H8FNO3/c1-3-4-15-10-5-7(2)9(12(13)14)6-8(10)11/h1,5-6H,4H2,2H3. The summed E-state index contributed by atoms with van der Waals surface area (Å²) < 4.78 is 18.1. The maximum absolute atomic E-state index is 13.2. The van der Waals surface area contributed by atoms with E-state index in [9.17, 15) is 14.5 Å². The maximum atomic E-state index is 13.2. The van der Waals surface area contributed by atoms with Gasteiger partial charge in [-0.1, -0.05) is 5.92 Å². The van der Waals surface area contributed by atoms with E-state index in [1.165, 1.54) is 13.0 Å². The van der Waals surface area contributed by atoms with Crippen LogP contribution in [0.2, 0.25) is 0 Å². The highest BCUT2D eigenvalue weighted by molar-refractivity contribution is 5.45. The highest BCUT2D eigenvalue weighted by Crippen LogP contribution is 2.26. The Bertz CT molecular complexity index is 437. The number of terminal acetylenes is 1. The molecule has 15 heavy (non-hydrogen) atoms. The Kier molecular flexibility index (Phi) is 3.24. The number of hydrogen-bond donors (Lipinski definition) is 0. The fourth-order valence-corrected chi connectivity index (χ4v) is 1.07. The lowest BCUT2D eigenvalue weighted by molar-refractivity contribution is -0.385. The first-order chi connectivity index (χ1) is 7.06. The molecule has 0 atom stereocenters. The normalized spacial score (nSPS) is 9.40. The molecule has 0 unspecified atom stereocenters. The SMILES string of the molecule is C#CCOc1cc(C)c([N+](=O)[O-])cc1F. The lowest BCUT2D eigenvalue weighted by Crippen LogP contribution is -1.99. The molecule has 0 radical (unpaired) electrons.